The smallest absolute Gasteiger partial charge is 0.343 e. The van der Waals surface area contributed by atoms with Gasteiger partial charge in [-0.05, 0) is 24.1 Å². The van der Waals surface area contributed by atoms with Crippen molar-refractivity contribution in [2.45, 2.75) is 13.3 Å². The molecular formula is C17H18O3. The lowest BCUT2D eigenvalue weighted by Crippen LogP contribution is -2.13. The van der Waals surface area contributed by atoms with E-state index in [2.05, 4.69) is 35.9 Å². The molecule has 0 heterocycles. The Morgan fingerprint density at radius 3 is 2.45 bits per heavy atom. The van der Waals surface area contributed by atoms with Crippen molar-refractivity contribution >= 4 is 5.97 Å². The predicted octanol–water partition coefficient (Wildman–Crippen LogP) is 3.14. The summed E-state index contributed by atoms with van der Waals surface area (Å²) in [6.07, 6.45) is 0.775. The van der Waals surface area contributed by atoms with Gasteiger partial charge in [0.05, 0.1) is 7.11 Å². The number of carbonyl (C=O) groups excluding carboxylic acids is 1. The van der Waals surface area contributed by atoms with E-state index in [-0.39, 0.29) is 12.6 Å². The third-order valence-corrected chi connectivity index (χ3v) is 3.06. The summed E-state index contributed by atoms with van der Waals surface area (Å²) in [6, 6.07) is 16.1. The van der Waals surface area contributed by atoms with Crippen molar-refractivity contribution in [1.29, 1.82) is 0 Å². The number of methoxy groups -OCH3 is 1. The van der Waals surface area contributed by atoms with Crippen molar-refractivity contribution in [3.8, 4) is 5.75 Å². The lowest BCUT2D eigenvalue weighted by molar-refractivity contribution is -0.142. The number of hydrogen-bond donors (Lipinski definition) is 0. The zero-order chi connectivity index (χ0) is 14.4. The molecular weight excluding hydrogens is 252 g/mol. The first-order valence-corrected chi connectivity index (χ1v) is 6.52. The molecule has 0 aliphatic carbocycles. The molecule has 104 valence electrons. The summed E-state index contributed by atoms with van der Waals surface area (Å²) in [5.74, 6) is 0.341. The fourth-order valence-electron chi connectivity index (χ4n) is 1.91. The molecule has 0 bridgehead atoms. The molecule has 3 heteroatoms. The van der Waals surface area contributed by atoms with Gasteiger partial charge in [-0.25, -0.2) is 4.79 Å². The topological polar surface area (TPSA) is 35.5 Å². The summed E-state index contributed by atoms with van der Waals surface area (Å²) in [7, 11) is 1.35. The summed E-state index contributed by atoms with van der Waals surface area (Å²) in [5, 5.41) is 0. The minimum absolute atomic E-state index is 0.0680. The molecule has 0 atom stereocenters. The third kappa shape index (κ3) is 3.85. The van der Waals surface area contributed by atoms with Crippen molar-refractivity contribution in [2.75, 3.05) is 13.7 Å². The van der Waals surface area contributed by atoms with Gasteiger partial charge in [-0.2, -0.15) is 0 Å². The average Bonchev–Trinajstić information content (AvgIpc) is 2.48. The molecule has 20 heavy (non-hydrogen) atoms. The van der Waals surface area contributed by atoms with Gasteiger partial charge in [-0.3, -0.25) is 0 Å². The second kappa shape index (κ2) is 6.75. The van der Waals surface area contributed by atoms with Gasteiger partial charge >= 0.3 is 5.97 Å². The zero-order valence-electron chi connectivity index (χ0n) is 11.8. The quantitative estimate of drug-likeness (QED) is 0.783. The molecule has 2 aromatic carbocycles. The zero-order valence-corrected chi connectivity index (χ0v) is 11.8. The first-order valence-electron chi connectivity index (χ1n) is 6.52. The van der Waals surface area contributed by atoms with Gasteiger partial charge in [0.25, 0.3) is 0 Å². The number of esters is 1. The van der Waals surface area contributed by atoms with E-state index in [1.807, 2.05) is 24.3 Å². The molecule has 0 amide bonds. The van der Waals surface area contributed by atoms with Gasteiger partial charge in [0.2, 0.25) is 0 Å². The van der Waals surface area contributed by atoms with Crippen molar-refractivity contribution in [2.24, 2.45) is 0 Å². The highest BCUT2D eigenvalue weighted by Gasteiger charge is 2.07. The molecule has 0 spiro atoms. The molecule has 0 radical (unpaired) electrons. The molecule has 0 aliphatic heterocycles. The van der Waals surface area contributed by atoms with E-state index in [0.29, 0.717) is 0 Å². The van der Waals surface area contributed by atoms with Crippen LogP contribution in [0.4, 0.5) is 0 Å². The summed E-state index contributed by atoms with van der Waals surface area (Å²) < 4.78 is 10.1. The number of carbonyl (C=O) groups is 1. The maximum Gasteiger partial charge on any atom is 0.343 e. The Bertz CT molecular complexity index is 573. The molecule has 0 N–H and O–H groups in total. The number of hydrogen-bond acceptors (Lipinski definition) is 3. The minimum atomic E-state index is -0.380. The van der Waals surface area contributed by atoms with Crippen LogP contribution in [0, 0.1) is 6.92 Å². The van der Waals surface area contributed by atoms with Crippen LogP contribution in [0.1, 0.15) is 16.7 Å². The van der Waals surface area contributed by atoms with Gasteiger partial charge in [-0.1, -0.05) is 48.0 Å². The van der Waals surface area contributed by atoms with Crippen LogP contribution in [-0.2, 0) is 16.0 Å². The minimum Gasteiger partial charge on any atom is -0.482 e. The molecule has 0 fully saturated rings. The van der Waals surface area contributed by atoms with Crippen LogP contribution < -0.4 is 4.74 Å². The monoisotopic (exact) mass is 270 g/mol. The largest absolute Gasteiger partial charge is 0.482 e. The summed E-state index contributed by atoms with van der Waals surface area (Å²) >= 11 is 0. The van der Waals surface area contributed by atoms with Crippen molar-refractivity contribution in [3.63, 3.8) is 0 Å². The Morgan fingerprint density at radius 1 is 1.05 bits per heavy atom. The fraction of sp³-hybridized carbons (Fsp3) is 0.235. The molecule has 2 aromatic rings. The number of para-hydroxylation sites is 1. The van der Waals surface area contributed by atoms with Crippen LogP contribution in [0.5, 0.6) is 5.75 Å². The highest BCUT2D eigenvalue weighted by molar-refractivity contribution is 5.70. The third-order valence-electron chi connectivity index (χ3n) is 3.06. The van der Waals surface area contributed by atoms with E-state index >= 15 is 0 Å². The molecule has 0 aromatic heterocycles. The molecule has 0 saturated carbocycles. The van der Waals surface area contributed by atoms with E-state index < -0.39 is 0 Å². The fourth-order valence-corrected chi connectivity index (χ4v) is 1.91. The number of benzene rings is 2. The van der Waals surface area contributed by atoms with Gasteiger partial charge in [0.1, 0.15) is 5.75 Å². The predicted molar refractivity (Wildman–Crippen MR) is 77.9 cm³/mol. The molecule has 2 rings (SSSR count). The van der Waals surface area contributed by atoms with E-state index in [0.717, 1.165) is 17.7 Å². The van der Waals surface area contributed by atoms with Crippen LogP contribution in [0.2, 0.25) is 0 Å². The standard InChI is InChI=1S/C17H18O3/c1-13-7-9-14(10-8-13)11-15-5-3-4-6-16(15)20-12-17(18)19-2/h3-10H,11-12H2,1-2H3. The van der Waals surface area contributed by atoms with Gasteiger partial charge in [-0.15, -0.1) is 0 Å². The van der Waals surface area contributed by atoms with Crippen LogP contribution in [-0.4, -0.2) is 19.7 Å². The molecule has 0 unspecified atom stereocenters. The average molecular weight is 270 g/mol. The van der Waals surface area contributed by atoms with Crippen molar-refractivity contribution in [3.05, 3.63) is 65.2 Å². The van der Waals surface area contributed by atoms with Crippen LogP contribution in [0.25, 0.3) is 0 Å². The maximum atomic E-state index is 11.1. The highest BCUT2D eigenvalue weighted by atomic mass is 16.6. The number of aryl methyl sites for hydroxylation is 1. The normalized spacial score (nSPS) is 10.1. The Balaban J connectivity index is 2.11. The molecule has 0 aliphatic rings. The van der Waals surface area contributed by atoms with E-state index in [4.69, 9.17) is 4.74 Å². The number of rotatable bonds is 5. The van der Waals surface area contributed by atoms with E-state index in [9.17, 15) is 4.79 Å². The lowest BCUT2D eigenvalue weighted by atomic mass is 10.0. The Labute approximate surface area is 119 Å². The Morgan fingerprint density at radius 2 is 1.75 bits per heavy atom. The number of ether oxygens (including phenoxy) is 2. The summed E-state index contributed by atoms with van der Waals surface area (Å²) in [5.41, 5.74) is 3.51. The lowest BCUT2D eigenvalue weighted by Gasteiger charge is -2.10. The van der Waals surface area contributed by atoms with Crippen LogP contribution in [0.15, 0.2) is 48.5 Å². The van der Waals surface area contributed by atoms with Crippen molar-refractivity contribution in [1.82, 2.24) is 0 Å². The van der Waals surface area contributed by atoms with Gasteiger partial charge in [0.15, 0.2) is 6.61 Å². The maximum absolute atomic E-state index is 11.1. The molecule has 0 saturated heterocycles. The Kier molecular flexibility index (Phi) is 4.77. The van der Waals surface area contributed by atoms with Crippen molar-refractivity contribution < 1.29 is 14.3 Å². The summed E-state index contributed by atoms with van der Waals surface area (Å²) in [4.78, 5) is 11.1. The van der Waals surface area contributed by atoms with Gasteiger partial charge < -0.3 is 9.47 Å². The SMILES string of the molecule is COC(=O)COc1ccccc1Cc1ccc(C)cc1. The second-order valence-electron chi connectivity index (χ2n) is 4.63. The summed E-state index contributed by atoms with van der Waals surface area (Å²) in [6.45, 7) is 2.00. The first-order chi connectivity index (χ1) is 9.69. The van der Waals surface area contributed by atoms with Crippen LogP contribution >= 0.6 is 0 Å². The molecule has 3 nitrogen and oxygen atoms in total. The second-order valence-corrected chi connectivity index (χ2v) is 4.63. The van der Waals surface area contributed by atoms with Crippen LogP contribution in [0.3, 0.4) is 0 Å². The van der Waals surface area contributed by atoms with Gasteiger partial charge in [0, 0.05) is 6.42 Å². The van der Waals surface area contributed by atoms with E-state index in [1.165, 1.54) is 18.2 Å². The first kappa shape index (κ1) is 14.1. The highest BCUT2D eigenvalue weighted by Crippen LogP contribution is 2.21. The van der Waals surface area contributed by atoms with E-state index in [1.54, 1.807) is 0 Å². The Hall–Kier alpha value is -2.29.